The number of nitrogens with two attached hydrogens (primary N) is 1. The highest BCUT2D eigenvalue weighted by Crippen LogP contribution is 2.19. The maximum Gasteiger partial charge on any atom is 0.119 e. The largest absolute Gasteiger partial charge is 0.494 e. The van der Waals surface area contributed by atoms with Crippen molar-refractivity contribution in [3.63, 3.8) is 0 Å². The van der Waals surface area contributed by atoms with E-state index in [2.05, 4.69) is 0 Å². The van der Waals surface area contributed by atoms with E-state index in [4.69, 9.17) is 10.5 Å². The molecule has 0 saturated heterocycles. The van der Waals surface area contributed by atoms with Gasteiger partial charge in [0, 0.05) is 0 Å². The molecule has 0 aliphatic rings. The zero-order chi connectivity index (χ0) is 10.6. The van der Waals surface area contributed by atoms with Crippen molar-refractivity contribution in [3.8, 4) is 5.75 Å². The van der Waals surface area contributed by atoms with E-state index in [0.29, 0.717) is 6.61 Å². The molecule has 0 radical (unpaired) electrons. The predicted molar refractivity (Wildman–Crippen MR) is 63.5 cm³/mol. The number of rotatable bonds is 4. The summed E-state index contributed by atoms with van der Waals surface area (Å²) in [6.07, 6.45) is -0.549. The smallest absolute Gasteiger partial charge is 0.119 e. The molecule has 1 aromatic carbocycles. The maximum absolute atomic E-state index is 9.33. The van der Waals surface area contributed by atoms with Gasteiger partial charge in [0.1, 0.15) is 5.75 Å². The van der Waals surface area contributed by atoms with Crippen molar-refractivity contribution in [2.24, 2.45) is 5.73 Å². The number of hydrogen-bond acceptors (Lipinski definition) is 3. The summed E-state index contributed by atoms with van der Waals surface area (Å²) in [5.41, 5.74) is 6.69. The first-order valence-corrected chi connectivity index (χ1v) is 4.81. The number of ether oxygens (including phenoxy) is 1. The lowest BCUT2D eigenvalue weighted by Gasteiger charge is -2.15. The van der Waals surface area contributed by atoms with E-state index < -0.39 is 6.10 Å². The Labute approximate surface area is 96.7 Å². The summed E-state index contributed by atoms with van der Waals surface area (Å²) in [7, 11) is 0. The van der Waals surface area contributed by atoms with Gasteiger partial charge >= 0.3 is 0 Å². The molecule has 0 aromatic heterocycles. The third kappa shape index (κ3) is 4.08. The van der Waals surface area contributed by atoms with Crippen molar-refractivity contribution in [1.29, 1.82) is 0 Å². The molecule has 1 aromatic rings. The van der Waals surface area contributed by atoms with Gasteiger partial charge in [0.05, 0.1) is 18.8 Å². The van der Waals surface area contributed by atoms with Crippen molar-refractivity contribution in [2.75, 3.05) is 6.61 Å². The minimum atomic E-state index is -0.549. The van der Waals surface area contributed by atoms with Gasteiger partial charge in [-0.1, -0.05) is 12.1 Å². The van der Waals surface area contributed by atoms with E-state index in [-0.39, 0.29) is 18.4 Å². The van der Waals surface area contributed by atoms with Crippen LogP contribution in [-0.4, -0.2) is 17.8 Å². The Morgan fingerprint density at radius 3 is 2.67 bits per heavy atom. The molecule has 0 saturated carbocycles. The van der Waals surface area contributed by atoms with Crippen LogP contribution in [0.4, 0.5) is 0 Å². The topological polar surface area (TPSA) is 55.5 Å². The van der Waals surface area contributed by atoms with Crippen LogP contribution in [0, 0.1) is 0 Å². The van der Waals surface area contributed by atoms with Crippen LogP contribution in [0.1, 0.15) is 25.5 Å². The maximum atomic E-state index is 9.33. The first kappa shape index (κ1) is 14.2. The second-order valence-corrected chi connectivity index (χ2v) is 3.27. The molecule has 15 heavy (non-hydrogen) atoms. The van der Waals surface area contributed by atoms with Crippen LogP contribution in [0.25, 0.3) is 0 Å². The average Bonchev–Trinajstić information content (AvgIpc) is 2.17. The Morgan fingerprint density at radius 2 is 2.13 bits per heavy atom. The molecule has 0 amide bonds. The molecule has 86 valence electrons. The molecular weight excluding hydrogens is 214 g/mol. The fraction of sp³-hybridized carbons (Fsp3) is 0.455. The molecule has 2 atom stereocenters. The van der Waals surface area contributed by atoms with E-state index in [1.54, 1.807) is 6.92 Å². The fourth-order valence-electron chi connectivity index (χ4n) is 1.26. The van der Waals surface area contributed by atoms with Gasteiger partial charge in [-0.3, -0.25) is 0 Å². The summed E-state index contributed by atoms with van der Waals surface area (Å²) >= 11 is 0. The van der Waals surface area contributed by atoms with Crippen LogP contribution in [0.15, 0.2) is 24.3 Å². The third-order valence-electron chi connectivity index (χ3n) is 2.07. The van der Waals surface area contributed by atoms with Crippen molar-refractivity contribution in [2.45, 2.75) is 26.0 Å². The fourth-order valence-corrected chi connectivity index (χ4v) is 1.26. The van der Waals surface area contributed by atoms with E-state index in [1.165, 1.54) is 0 Å². The third-order valence-corrected chi connectivity index (χ3v) is 2.07. The molecule has 3 N–H and O–H groups in total. The van der Waals surface area contributed by atoms with Crippen LogP contribution in [-0.2, 0) is 0 Å². The Bertz CT molecular complexity index is 292. The standard InChI is InChI=1S/C11H17NO2.ClH/c1-3-14-10-6-4-5-9(7-10)11(12)8(2)13;/h4-8,11,13H,3,12H2,1-2H3;1H/t8-,11-;/m1./s1. The minimum absolute atomic E-state index is 0. The first-order valence-electron chi connectivity index (χ1n) is 4.81. The second-order valence-electron chi connectivity index (χ2n) is 3.27. The summed E-state index contributed by atoms with van der Waals surface area (Å²) in [5.74, 6) is 0.793. The SMILES string of the molecule is CCOc1cccc([C@H](N)[C@@H](C)O)c1.Cl. The van der Waals surface area contributed by atoms with Gasteiger partial charge in [-0.2, -0.15) is 0 Å². The molecular formula is C11H18ClNO2. The highest BCUT2D eigenvalue weighted by Gasteiger charge is 2.11. The minimum Gasteiger partial charge on any atom is -0.494 e. The average molecular weight is 232 g/mol. The molecule has 0 aliphatic carbocycles. The van der Waals surface area contributed by atoms with Gasteiger partial charge < -0.3 is 15.6 Å². The zero-order valence-corrected chi connectivity index (χ0v) is 9.83. The lowest BCUT2D eigenvalue weighted by Crippen LogP contribution is -2.23. The molecule has 0 bridgehead atoms. The normalized spacial score (nSPS) is 13.9. The molecule has 0 heterocycles. The molecule has 0 spiro atoms. The van der Waals surface area contributed by atoms with E-state index in [9.17, 15) is 5.11 Å². The molecule has 0 fully saturated rings. The Balaban J connectivity index is 0.00000196. The van der Waals surface area contributed by atoms with Crippen LogP contribution in [0.2, 0.25) is 0 Å². The zero-order valence-electron chi connectivity index (χ0n) is 9.01. The Hall–Kier alpha value is -0.770. The van der Waals surface area contributed by atoms with Crippen LogP contribution >= 0.6 is 12.4 Å². The summed E-state index contributed by atoms with van der Waals surface area (Å²) < 4.78 is 5.34. The number of benzene rings is 1. The van der Waals surface area contributed by atoms with Crippen molar-refractivity contribution >= 4 is 12.4 Å². The number of aliphatic hydroxyl groups is 1. The van der Waals surface area contributed by atoms with Crippen LogP contribution < -0.4 is 10.5 Å². The summed E-state index contributed by atoms with van der Waals surface area (Å²) in [4.78, 5) is 0. The number of halogens is 1. The van der Waals surface area contributed by atoms with E-state index >= 15 is 0 Å². The van der Waals surface area contributed by atoms with Gasteiger partial charge in [0.25, 0.3) is 0 Å². The lowest BCUT2D eigenvalue weighted by molar-refractivity contribution is 0.164. The summed E-state index contributed by atoms with van der Waals surface area (Å²) in [6.45, 7) is 4.24. The highest BCUT2D eigenvalue weighted by atomic mass is 35.5. The monoisotopic (exact) mass is 231 g/mol. The van der Waals surface area contributed by atoms with Gasteiger partial charge in [-0.15, -0.1) is 12.4 Å². The number of hydrogen-bond donors (Lipinski definition) is 2. The Kier molecular flexibility index (Phi) is 6.32. The Morgan fingerprint density at radius 1 is 1.47 bits per heavy atom. The van der Waals surface area contributed by atoms with Crippen molar-refractivity contribution in [3.05, 3.63) is 29.8 Å². The summed E-state index contributed by atoms with van der Waals surface area (Å²) in [5, 5.41) is 9.33. The second kappa shape index (κ2) is 6.67. The lowest BCUT2D eigenvalue weighted by atomic mass is 10.0. The van der Waals surface area contributed by atoms with Crippen molar-refractivity contribution in [1.82, 2.24) is 0 Å². The van der Waals surface area contributed by atoms with Gasteiger partial charge in [-0.05, 0) is 31.5 Å². The molecule has 0 aliphatic heterocycles. The highest BCUT2D eigenvalue weighted by molar-refractivity contribution is 5.85. The van der Waals surface area contributed by atoms with E-state index in [0.717, 1.165) is 11.3 Å². The van der Waals surface area contributed by atoms with Crippen LogP contribution in [0.3, 0.4) is 0 Å². The first-order chi connectivity index (χ1) is 6.65. The van der Waals surface area contributed by atoms with Gasteiger partial charge in [0.2, 0.25) is 0 Å². The molecule has 4 heteroatoms. The molecule has 3 nitrogen and oxygen atoms in total. The van der Waals surface area contributed by atoms with E-state index in [1.807, 2.05) is 31.2 Å². The van der Waals surface area contributed by atoms with Gasteiger partial charge in [0.15, 0.2) is 0 Å². The quantitative estimate of drug-likeness (QED) is 0.832. The summed E-state index contributed by atoms with van der Waals surface area (Å²) in [6, 6.07) is 7.15. The predicted octanol–water partition coefficient (Wildman–Crippen LogP) is 1.89. The molecule has 1 rings (SSSR count). The van der Waals surface area contributed by atoms with Crippen LogP contribution in [0.5, 0.6) is 5.75 Å². The number of aliphatic hydroxyl groups excluding tert-OH is 1. The molecule has 0 unspecified atom stereocenters. The van der Waals surface area contributed by atoms with Gasteiger partial charge in [-0.25, -0.2) is 0 Å². The van der Waals surface area contributed by atoms with Crippen molar-refractivity contribution < 1.29 is 9.84 Å².